The Balaban J connectivity index is 1.36. The van der Waals surface area contributed by atoms with Crippen LogP contribution in [0, 0.1) is 47.3 Å². The molecule has 0 spiro atoms. The predicted octanol–water partition coefficient (Wildman–Crippen LogP) is 10.1. The molecular formula is C78H132O20. The molecule has 98 heavy (non-hydrogen) atoms. The fourth-order valence-electron chi connectivity index (χ4n) is 15.3. The first kappa shape index (κ1) is 85.4. The molecule has 0 aromatic carbocycles. The second-order valence-electron chi connectivity index (χ2n) is 30.3. The molecule has 30 atom stereocenters. The molecule has 0 amide bonds. The molecular weight excluding hydrogens is 1260 g/mol. The lowest BCUT2D eigenvalue weighted by Crippen LogP contribution is -2.45. The van der Waals surface area contributed by atoms with Gasteiger partial charge in [0.25, 0.3) is 0 Å². The molecule has 5 heterocycles. The molecule has 2 saturated heterocycles. The van der Waals surface area contributed by atoms with Crippen LogP contribution in [0.1, 0.15) is 199 Å². The van der Waals surface area contributed by atoms with Crippen molar-refractivity contribution in [2.24, 2.45) is 47.3 Å². The van der Waals surface area contributed by atoms with E-state index in [1.165, 1.54) is 12.2 Å². The van der Waals surface area contributed by atoms with Gasteiger partial charge in [-0.15, -0.1) is 0 Å². The van der Waals surface area contributed by atoms with Crippen molar-refractivity contribution in [3.8, 4) is 0 Å². The molecule has 8 N–H and O–H groups in total. The van der Waals surface area contributed by atoms with Gasteiger partial charge in [0.15, 0.2) is 0 Å². The molecule has 564 valence electrons. The summed E-state index contributed by atoms with van der Waals surface area (Å²) in [7, 11) is 6.59. The monoisotopic (exact) mass is 1390 g/mol. The number of esters is 2. The van der Waals surface area contributed by atoms with Crippen LogP contribution in [0.3, 0.4) is 0 Å². The molecule has 5 aliphatic heterocycles. The Labute approximate surface area is 587 Å². The van der Waals surface area contributed by atoms with Gasteiger partial charge >= 0.3 is 11.9 Å². The highest BCUT2D eigenvalue weighted by Gasteiger charge is 2.42. The van der Waals surface area contributed by atoms with Gasteiger partial charge in [0.2, 0.25) is 0 Å². The highest BCUT2D eigenvalue weighted by molar-refractivity contribution is 5.83. The summed E-state index contributed by atoms with van der Waals surface area (Å²) in [5.74, 6) is -5.50. The Kier molecular flexibility index (Phi) is 37.6. The van der Waals surface area contributed by atoms with Crippen LogP contribution >= 0.6 is 0 Å². The number of carbonyl (C=O) groups is 2. The number of hydrogen-bond acceptors (Lipinski definition) is 20. The van der Waals surface area contributed by atoms with Crippen LogP contribution in [0.2, 0.25) is 0 Å². The number of cyclic esters (lactones) is 2. The normalized spacial score (nSPS) is 38.2. The van der Waals surface area contributed by atoms with E-state index in [0.717, 1.165) is 32.1 Å². The largest absolute Gasteiger partial charge is 0.459 e. The van der Waals surface area contributed by atoms with Crippen molar-refractivity contribution in [3.05, 3.63) is 71.9 Å². The summed E-state index contributed by atoms with van der Waals surface area (Å²) in [6.45, 7) is 22.5. The minimum atomic E-state index is -1.16. The Morgan fingerprint density at radius 1 is 0.469 bits per heavy atom. The summed E-state index contributed by atoms with van der Waals surface area (Å²) in [4.78, 5) is 27.8. The van der Waals surface area contributed by atoms with Crippen LogP contribution in [0.15, 0.2) is 71.9 Å². The van der Waals surface area contributed by atoms with Crippen molar-refractivity contribution < 1.29 is 97.8 Å². The first-order chi connectivity index (χ1) is 46.4. The van der Waals surface area contributed by atoms with E-state index in [1.807, 2.05) is 98.8 Å². The summed E-state index contributed by atoms with van der Waals surface area (Å²) < 4.78 is 61.3. The molecule has 0 aromatic heterocycles. The number of allylic oxidation sites excluding steroid dienone is 4. The number of ether oxygens (including phenoxy) is 10. The lowest BCUT2D eigenvalue weighted by atomic mass is 9.78. The molecule has 5 rings (SSSR count). The summed E-state index contributed by atoms with van der Waals surface area (Å²) in [6, 6.07) is 0. The van der Waals surface area contributed by atoms with Crippen molar-refractivity contribution in [3.63, 3.8) is 0 Å². The number of hydrogen-bond donors (Lipinski definition) is 8. The van der Waals surface area contributed by atoms with Gasteiger partial charge in [-0.25, -0.2) is 9.59 Å². The minimum Gasteiger partial charge on any atom is -0.459 e. The molecule has 5 aliphatic rings. The highest BCUT2D eigenvalue weighted by atomic mass is 16.6. The third-order valence-electron chi connectivity index (χ3n) is 22.3. The fraction of sp³-hybridized carbons (Fsp3) is 0.821. The average molecular weight is 1390 g/mol. The maximum Gasteiger partial charge on any atom is 0.331 e. The number of aliphatic hydroxyl groups is 8. The van der Waals surface area contributed by atoms with Crippen LogP contribution in [-0.2, 0) is 57.0 Å². The van der Waals surface area contributed by atoms with Gasteiger partial charge in [-0.1, -0.05) is 115 Å². The SMILES string of the molecule is COC1CC(C)OC(CCC(C)C(O)C(C)C(O)C(C)C2CC(O)C(C)C(OC)CC3CC=CC(CC(O)CC=C(C)C=CC(=O)OC(C(C)C(O)C(C)CCC4CC(OC)CC(C)O4)C(C)C(O)CC(O)C(C)C(OC)CC4CC=CC(CC(O)CC=C(C)C=CC(=O)O2)O4)O3)C1. The zero-order valence-electron chi connectivity index (χ0n) is 62.3. The van der Waals surface area contributed by atoms with Gasteiger partial charge in [0.05, 0.1) is 122 Å². The second-order valence-corrected chi connectivity index (χ2v) is 30.3. The van der Waals surface area contributed by atoms with Gasteiger partial charge in [0, 0.05) is 108 Å². The van der Waals surface area contributed by atoms with E-state index >= 15 is 0 Å². The zero-order chi connectivity index (χ0) is 72.5. The van der Waals surface area contributed by atoms with Crippen molar-refractivity contribution in [1.82, 2.24) is 0 Å². The van der Waals surface area contributed by atoms with E-state index in [9.17, 15) is 50.4 Å². The average Bonchev–Trinajstić information content (AvgIpc) is 0.894. The first-order valence-electron chi connectivity index (χ1n) is 37.1. The van der Waals surface area contributed by atoms with E-state index < -0.39 is 133 Å². The molecule has 0 radical (unpaired) electrons. The number of carbonyl (C=O) groups excluding carboxylic acids is 2. The molecule has 0 aliphatic carbocycles. The number of rotatable bonds is 18. The first-order valence-corrected chi connectivity index (χ1v) is 37.1. The van der Waals surface area contributed by atoms with Crippen LogP contribution in [0.25, 0.3) is 0 Å². The third-order valence-corrected chi connectivity index (χ3v) is 22.3. The second kappa shape index (κ2) is 43.1. The van der Waals surface area contributed by atoms with Gasteiger partial charge in [-0.05, 0) is 123 Å². The topological polar surface area (TPSA) is 288 Å². The maximum atomic E-state index is 13.9. The Hall–Kier alpha value is -3.26. The summed E-state index contributed by atoms with van der Waals surface area (Å²) in [5.41, 5.74) is 1.38. The Bertz CT molecular complexity index is 2480. The van der Waals surface area contributed by atoms with Crippen LogP contribution in [0.4, 0.5) is 0 Å². The molecule has 20 nitrogen and oxygen atoms in total. The van der Waals surface area contributed by atoms with Gasteiger partial charge in [-0.2, -0.15) is 0 Å². The number of fused-ring (bicyclic) bond motifs is 4. The van der Waals surface area contributed by atoms with E-state index in [2.05, 4.69) is 0 Å². The summed E-state index contributed by atoms with van der Waals surface area (Å²) in [5, 5.41) is 94.5. The highest BCUT2D eigenvalue weighted by Crippen LogP contribution is 2.37. The number of methoxy groups -OCH3 is 4. The Morgan fingerprint density at radius 3 is 1.35 bits per heavy atom. The molecule has 4 bridgehead atoms. The third kappa shape index (κ3) is 28.1. The Morgan fingerprint density at radius 2 is 0.898 bits per heavy atom. The molecule has 2 fully saturated rings. The number of aliphatic hydroxyl groups excluding tert-OH is 8. The quantitative estimate of drug-likeness (QED) is 0.0468. The minimum absolute atomic E-state index is 0.00881. The molecule has 0 aromatic rings. The smallest absolute Gasteiger partial charge is 0.331 e. The standard InChI is InChI=1S/C78H132O20/c1-45-23-29-57(79)37-59-19-17-21-61(95-59)41-70(91-15)51(7)67(81)43-68(82)53(9)78(56(12)76(87)48(4)28-32-64-40-66(90-14)36-50(6)94-64)98-74(85)34-26-46(2)24-30-58(80)38-60-20-18-22-62(96-60)42-71(92-16)52(8)69(83)44-72(97-73(84)33-25-45)54(10)77(88)55(11)75(86)47(3)27-31-63-39-65(89-13)35-49(5)93-63/h17-20,23-26,33-34,47-72,75-83,86-88H,21-22,27-32,35-44H2,1-16H3. The summed E-state index contributed by atoms with van der Waals surface area (Å²) >= 11 is 0. The van der Waals surface area contributed by atoms with Crippen LogP contribution in [0.5, 0.6) is 0 Å². The predicted molar refractivity (Wildman–Crippen MR) is 377 cm³/mol. The zero-order valence-corrected chi connectivity index (χ0v) is 62.3. The molecule has 0 saturated carbocycles. The summed E-state index contributed by atoms with van der Waals surface area (Å²) in [6.07, 6.45) is 14.1. The van der Waals surface area contributed by atoms with E-state index in [4.69, 9.17) is 47.4 Å². The van der Waals surface area contributed by atoms with Crippen molar-refractivity contribution in [1.29, 1.82) is 0 Å². The van der Waals surface area contributed by atoms with Crippen LogP contribution < -0.4 is 0 Å². The van der Waals surface area contributed by atoms with Crippen molar-refractivity contribution in [2.45, 2.75) is 333 Å². The van der Waals surface area contributed by atoms with E-state index in [0.29, 0.717) is 56.1 Å². The lowest BCUT2D eigenvalue weighted by Gasteiger charge is -2.38. The lowest BCUT2D eigenvalue weighted by molar-refractivity contribution is -0.158. The fourth-order valence-corrected chi connectivity index (χ4v) is 15.3. The molecule has 30 unspecified atom stereocenters. The maximum absolute atomic E-state index is 13.9. The van der Waals surface area contributed by atoms with Crippen molar-refractivity contribution >= 4 is 11.9 Å². The van der Waals surface area contributed by atoms with Gasteiger partial charge in [0.1, 0.15) is 12.2 Å². The van der Waals surface area contributed by atoms with Crippen LogP contribution in [-0.4, -0.2) is 216 Å². The van der Waals surface area contributed by atoms with Crippen molar-refractivity contribution in [2.75, 3.05) is 28.4 Å². The molecule has 20 heteroatoms. The van der Waals surface area contributed by atoms with Gasteiger partial charge in [-0.3, -0.25) is 0 Å². The van der Waals surface area contributed by atoms with E-state index in [-0.39, 0.29) is 99.2 Å². The van der Waals surface area contributed by atoms with E-state index in [1.54, 1.807) is 61.4 Å². The van der Waals surface area contributed by atoms with Gasteiger partial charge < -0.3 is 88.2 Å².